The average Bonchev–Trinajstić information content (AvgIpc) is 4.00. The van der Waals surface area contributed by atoms with Crippen LogP contribution in [0.5, 0.6) is 23.0 Å². The molecule has 4 aromatic heterocycles. The molecule has 0 fully saturated rings. The van der Waals surface area contributed by atoms with E-state index in [1.54, 1.807) is 60.7 Å². The zero-order valence-electron chi connectivity index (χ0n) is 31.2. The summed E-state index contributed by atoms with van der Waals surface area (Å²) in [4.78, 5) is 28.0. The van der Waals surface area contributed by atoms with E-state index in [2.05, 4.69) is 51.5 Å². The van der Waals surface area contributed by atoms with E-state index in [0.29, 0.717) is 45.9 Å². The van der Waals surface area contributed by atoms with Crippen LogP contribution < -0.4 is 18.9 Å². The van der Waals surface area contributed by atoms with Gasteiger partial charge < -0.3 is 48.6 Å². The molecule has 0 radical (unpaired) electrons. The van der Waals surface area contributed by atoms with Crippen LogP contribution in [0.15, 0.2) is 149 Å². The first-order chi connectivity index (χ1) is 28.2. The van der Waals surface area contributed by atoms with Crippen molar-refractivity contribution in [3.63, 3.8) is 0 Å². The number of aromatic nitrogens is 2. The van der Waals surface area contributed by atoms with Gasteiger partial charge >= 0.3 is 16.5 Å². The van der Waals surface area contributed by atoms with Crippen molar-refractivity contribution in [3.05, 3.63) is 152 Å². The molecule has 0 bridgehead atoms. The molecule has 23 heteroatoms. The van der Waals surface area contributed by atoms with E-state index < -0.39 is 9.85 Å². The normalized spacial score (nSPS) is 11.3. The van der Waals surface area contributed by atoms with Crippen LogP contribution in [0, 0.1) is 20.2 Å². The number of benzene rings is 2. The molecule has 0 aliphatic rings. The van der Waals surface area contributed by atoms with Crippen LogP contribution >= 0.6 is 0 Å². The van der Waals surface area contributed by atoms with Crippen LogP contribution in [0.3, 0.4) is 0 Å². The molecule has 0 aliphatic carbocycles. The van der Waals surface area contributed by atoms with Gasteiger partial charge in [0.1, 0.15) is 34.4 Å². The van der Waals surface area contributed by atoms with Crippen LogP contribution in [0.4, 0.5) is 34.4 Å². The van der Waals surface area contributed by atoms with Crippen molar-refractivity contribution in [2.24, 2.45) is 30.7 Å². The molecule has 0 saturated carbocycles. The Balaban J connectivity index is 0.000000256. The molecule has 2 aromatic carbocycles. The molecule has 304 valence electrons. The minimum absolute atomic E-state index is 0. The second-order valence-corrected chi connectivity index (χ2v) is 10.7. The maximum absolute atomic E-state index is 10.7. The number of methoxy groups -OCH3 is 4. The number of pyridine rings is 2. The van der Waals surface area contributed by atoms with Crippen molar-refractivity contribution < 1.29 is 54.1 Å². The first-order valence-corrected chi connectivity index (χ1v) is 16.3. The maximum atomic E-state index is 10.7. The van der Waals surface area contributed by atoms with Gasteiger partial charge in [0, 0.05) is 36.7 Å². The monoisotopic (exact) mass is 848 g/mol. The van der Waals surface area contributed by atoms with E-state index in [0.717, 1.165) is 12.4 Å². The Labute approximate surface area is 343 Å². The number of nitrogens with zero attached hydrogens (tertiary/aromatic N) is 12. The Morgan fingerprint density at radius 1 is 0.610 bits per heavy atom. The molecule has 6 aromatic rings. The Morgan fingerprint density at radius 2 is 1.03 bits per heavy atom. The third-order valence-electron chi connectivity index (χ3n) is 7.14. The average molecular weight is 849 g/mol. The van der Waals surface area contributed by atoms with Gasteiger partial charge in [-0.15, -0.1) is 20.5 Å². The molecule has 0 spiro atoms. The summed E-state index contributed by atoms with van der Waals surface area (Å²) in [6.45, 7) is 0. The second-order valence-electron chi connectivity index (χ2n) is 10.7. The predicted molar refractivity (Wildman–Crippen MR) is 206 cm³/mol. The molecule has 4 heterocycles. The Morgan fingerprint density at radius 3 is 1.34 bits per heavy atom. The molecule has 59 heavy (non-hydrogen) atoms. The van der Waals surface area contributed by atoms with Crippen LogP contribution in [0.25, 0.3) is 10.9 Å². The molecule has 0 saturated heterocycles. The largest absolute Gasteiger partial charge is 2.00 e. The van der Waals surface area contributed by atoms with Gasteiger partial charge in [-0.3, -0.25) is 20.2 Å². The number of hydrogen-bond donors (Lipinski definition) is 0. The standard InChI is InChI=1S/2C18H15N6O5.Ni/c2*1-27-13-6-7-15(28-2)14(10-13)20-22-18(16-4-3-9-29-16)23-21-17-8-5-12(11-19-17)24(25)26;/h2*3-11H,1-2H3;/q2*-1;+2/b2*22-20?,23-18-;. The number of nitro groups is 2. The zero-order valence-corrected chi connectivity index (χ0v) is 32.1. The third-order valence-corrected chi connectivity index (χ3v) is 7.14. The van der Waals surface area contributed by atoms with Gasteiger partial charge in [0.25, 0.3) is 11.4 Å². The Hall–Kier alpha value is -8.07. The summed E-state index contributed by atoms with van der Waals surface area (Å²) in [5, 5.41) is 45.9. The number of azo groups is 2. The molecule has 0 atom stereocenters. The Kier molecular flexibility index (Phi) is 16.2. The van der Waals surface area contributed by atoms with E-state index in [1.165, 1.54) is 65.2 Å². The van der Waals surface area contributed by atoms with Crippen molar-refractivity contribution in [1.29, 1.82) is 0 Å². The summed E-state index contributed by atoms with van der Waals surface area (Å²) in [7, 11) is 6.10. The van der Waals surface area contributed by atoms with Gasteiger partial charge in [-0.1, -0.05) is 12.1 Å². The molecular weight excluding hydrogens is 819 g/mol. The van der Waals surface area contributed by atoms with Gasteiger partial charge in [-0.25, -0.2) is 10.2 Å². The zero-order chi connectivity index (χ0) is 41.3. The van der Waals surface area contributed by atoms with Gasteiger partial charge in [-0.05, 0) is 60.2 Å². The van der Waals surface area contributed by atoms with Crippen molar-refractivity contribution in [3.8, 4) is 23.0 Å². The molecule has 0 aliphatic heterocycles. The third kappa shape index (κ3) is 12.5. The molecule has 0 amide bonds. The molecule has 6 rings (SSSR count). The maximum Gasteiger partial charge on any atom is 2.00 e. The van der Waals surface area contributed by atoms with Crippen LogP contribution in [-0.2, 0) is 16.5 Å². The van der Waals surface area contributed by atoms with Crippen molar-refractivity contribution >= 4 is 46.1 Å². The second kappa shape index (κ2) is 21.9. The van der Waals surface area contributed by atoms with Crippen molar-refractivity contribution in [1.82, 2.24) is 9.97 Å². The molecular formula is C36H30N12NiO10. The fourth-order valence-electron chi connectivity index (χ4n) is 4.29. The van der Waals surface area contributed by atoms with Gasteiger partial charge in [0.15, 0.2) is 11.5 Å². The summed E-state index contributed by atoms with van der Waals surface area (Å²) in [6.07, 6.45) is 5.08. The molecule has 0 N–H and O–H groups in total. The fraction of sp³-hybridized carbons (Fsp3) is 0.111. The van der Waals surface area contributed by atoms with Gasteiger partial charge in [0.2, 0.25) is 11.7 Å². The summed E-state index contributed by atoms with van der Waals surface area (Å²) < 4.78 is 31.5. The van der Waals surface area contributed by atoms with Gasteiger partial charge in [-0.2, -0.15) is 0 Å². The number of amidine groups is 2. The van der Waals surface area contributed by atoms with E-state index in [9.17, 15) is 20.2 Å². The first kappa shape index (κ1) is 43.7. The minimum Gasteiger partial charge on any atom is -0.497 e. The quantitative estimate of drug-likeness (QED) is 0.0247. The summed E-state index contributed by atoms with van der Waals surface area (Å²) in [5.41, 5.74) is 8.41. The van der Waals surface area contributed by atoms with Crippen LogP contribution in [0.1, 0.15) is 11.5 Å². The summed E-state index contributed by atoms with van der Waals surface area (Å²) in [6, 6.07) is 22.0. The van der Waals surface area contributed by atoms with Crippen LogP contribution in [-0.4, -0.2) is 59.9 Å². The van der Waals surface area contributed by atoms with Gasteiger partial charge in [0.05, 0.1) is 50.8 Å². The predicted octanol–water partition coefficient (Wildman–Crippen LogP) is 9.50. The van der Waals surface area contributed by atoms with E-state index in [-0.39, 0.29) is 51.2 Å². The van der Waals surface area contributed by atoms with E-state index in [4.69, 9.17) is 27.8 Å². The van der Waals surface area contributed by atoms with Crippen LogP contribution in [0.2, 0.25) is 0 Å². The molecule has 22 nitrogen and oxygen atoms in total. The molecule has 0 unspecified atom stereocenters. The van der Waals surface area contributed by atoms with Crippen molar-refractivity contribution in [2.75, 3.05) is 28.4 Å². The number of rotatable bonds is 14. The number of furan rings is 2. The van der Waals surface area contributed by atoms with E-state index in [1.807, 2.05) is 0 Å². The van der Waals surface area contributed by atoms with E-state index >= 15 is 0 Å². The summed E-state index contributed by atoms with van der Waals surface area (Å²) in [5.74, 6) is 3.24. The smallest absolute Gasteiger partial charge is 0.497 e. The summed E-state index contributed by atoms with van der Waals surface area (Å²) >= 11 is 0. The first-order valence-electron chi connectivity index (χ1n) is 16.3. The SMILES string of the molecule is COc1ccc(OC)c(N=N/C(=N\[N-]c2ccc([N+](=O)[O-])cn2)c2ccco2)c1.COc1ccc(OC)c(N=N/C(=N\[N-]c2ccc([N+](=O)[O-])cn2)c2ccco2)c1.[Ni+2]. The van der Waals surface area contributed by atoms with Crippen molar-refractivity contribution in [2.45, 2.75) is 0 Å². The topological polar surface area (TPSA) is 278 Å². The number of hydrogen-bond acceptors (Lipinski definition) is 16. The number of ether oxygens (including phenoxy) is 4. The minimum atomic E-state index is -0.552. The fourth-order valence-corrected chi connectivity index (χ4v) is 4.29. The Bertz CT molecular complexity index is 2240.